The summed E-state index contributed by atoms with van der Waals surface area (Å²) in [5.74, 6) is -1.14. The van der Waals surface area contributed by atoms with Gasteiger partial charge in [-0.3, -0.25) is 24.1 Å². The number of aromatic nitrogens is 1. The summed E-state index contributed by atoms with van der Waals surface area (Å²) in [5.41, 5.74) is 2.24. The maximum atomic E-state index is 13.3. The van der Waals surface area contributed by atoms with Crippen molar-refractivity contribution in [3.05, 3.63) is 99.5 Å². The first kappa shape index (κ1) is 20.8. The van der Waals surface area contributed by atoms with Crippen LogP contribution in [-0.2, 0) is 11.3 Å². The zero-order chi connectivity index (χ0) is 23.1. The monoisotopic (exact) mass is 444 g/mol. The molecule has 2 amide bonds. The number of carbonyl (C=O) groups is 2. The van der Waals surface area contributed by atoms with Gasteiger partial charge in [-0.2, -0.15) is 0 Å². The molecule has 0 saturated heterocycles. The van der Waals surface area contributed by atoms with Crippen LogP contribution in [0.2, 0.25) is 0 Å². The van der Waals surface area contributed by atoms with Crippen molar-refractivity contribution in [3.8, 4) is 5.75 Å². The number of amides is 2. The molecule has 1 N–H and O–H groups in total. The molecule has 8 nitrogen and oxygen atoms in total. The topological polar surface area (TPSA) is 86.1 Å². The number of carbonyl (C=O) groups excluding carboxylic acids is 2. The Labute approximate surface area is 190 Å². The number of pyridine rings is 1. The quantitative estimate of drug-likeness (QED) is 0.621. The Morgan fingerprint density at radius 1 is 0.939 bits per heavy atom. The van der Waals surface area contributed by atoms with E-state index in [1.165, 1.54) is 17.2 Å². The fraction of sp³-hybridized carbons (Fsp3) is 0.240. The zero-order valence-corrected chi connectivity index (χ0v) is 18.2. The number of aromatic hydroxyl groups is 1. The second-order valence-electron chi connectivity index (χ2n) is 8.38. The predicted octanol–water partition coefficient (Wildman–Crippen LogP) is 2.06. The van der Waals surface area contributed by atoms with Crippen molar-refractivity contribution in [3.63, 3.8) is 0 Å². The molecule has 3 aromatic rings. The summed E-state index contributed by atoms with van der Waals surface area (Å²) < 4.78 is 1.58. The van der Waals surface area contributed by atoms with Crippen LogP contribution in [0.5, 0.6) is 5.75 Å². The number of benzene rings is 2. The van der Waals surface area contributed by atoms with E-state index in [0.717, 1.165) is 16.7 Å². The van der Waals surface area contributed by atoms with Crippen molar-refractivity contribution in [1.29, 1.82) is 0 Å². The second-order valence-corrected chi connectivity index (χ2v) is 8.38. The van der Waals surface area contributed by atoms with Gasteiger partial charge in [-0.05, 0) is 16.7 Å². The molecule has 0 fully saturated rings. The van der Waals surface area contributed by atoms with E-state index in [2.05, 4.69) is 0 Å². The maximum absolute atomic E-state index is 13.3. The third kappa shape index (κ3) is 3.53. The summed E-state index contributed by atoms with van der Waals surface area (Å²) in [6, 6.07) is 18.7. The third-order valence-corrected chi connectivity index (χ3v) is 6.33. The van der Waals surface area contributed by atoms with Gasteiger partial charge in [0.1, 0.15) is 6.67 Å². The highest BCUT2D eigenvalue weighted by atomic mass is 16.3. The lowest BCUT2D eigenvalue weighted by molar-refractivity contribution is -0.130. The molecule has 2 aliphatic rings. The summed E-state index contributed by atoms with van der Waals surface area (Å²) in [5, 5.41) is 12.5. The molecule has 0 unspecified atom stereocenters. The van der Waals surface area contributed by atoms with Gasteiger partial charge >= 0.3 is 0 Å². The van der Waals surface area contributed by atoms with Crippen LogP contribution in [0.3, 0.4) is 0 Å². The van der Waals surface area contributed by atoms with Crippen LogP contribution >= 0.6 is 0 Å². The summed E-state index contributed by atoms with van der Waals surface area (Å²) in [4.78, 5) is 41.5. The number of hydrogen-bond donors (Lipinski definition) is 1. The number of hydrogen-bond acceptors (Lipinski definition) is 5. The molecule has 33 heavy (non-hydrogen) atoms. The van der Waals surface area contributed by atoms with Gasteiger partial charge < -0.3 is 14.9 Å². The number of rotatable bonds is 1. The van der Waals surface area contributed by atoms with Crippen LogP contribution in [0.4, 0.5) is 0 Å². The molecule has 0 saturated carbocycles. The second kappa shape index (κ2) is 8.12. The van der Waals surface area contributed by atoms with E-state index in [9.17, 15) is 19.5 Å². The number of fused-ring (bicyclic) bond motifs is 5. The Kier molecular flexibility index (Phi) is 5.12. The lowest BCUT2D eigenvalue weighted by Gasteiger charge is -2.44. The molecule has 168 valence electrons. The van der Waals surface area contributed by atoms with Gasteiger partial charge in [0.2, 0.25) is 11.3 Å². The van der Waals surface area contributed by atoms with E-state index in [1.807, 2.05) is 59.6 Å². The molecule has 1 aromatic heterocycles. The van der Waals surface area contributed by atoms with Crippen LogP contribution in [0, 0.1) is 0 Å². The molecule has 0 radical (unpaired) electrons. The molecular formula is C25H24N4O4. The summed E-state index contributed by atoms with van der Waals surface area (Å²) in [6.07, 6.45) is 1.67. The smallest absolute Gasteiger partial charge is 0.277 e. The molecular weight excluding hydrogens is 420 g/mol. The van der Waals surface area contributed by atoms with Gasteiger partial charge in [0.25, 0.3) is 5.91 Å². The minimum absolute atomic E-state index is 0.0810. The molecule has 1 atom stereocenters. The molecule has 2 aromatic carbocycles. The van der Waals surface area contributed by atoms with Crippen molar-refractivity contribution in [2.75, 3.05) is 25.3 Å². The maximum Gasteiger partial charge on any atom is 0.277 e. The van der Waals surface area contributed by atoms with E-state index in [1.54, 1.807) is 16.6 Å². The van der Waals surface area contributed by atoms with E-state index >= 15 is 0 Å². The highest BCUT2D eigenvalue weighted by Gasteiger charge is 2.37. The van der Waals surface area contributed by atoms with Crippen molar-refractivity contribution in [2.24, 2.45) is 0 Å². The molecule has 0 spiro atoms. The molecule has 2 aliphatic heterocycles. The minimum Gasteiger partial charge on any atom is -0.502 e. The van der Waals surface area contributed by atoms with Crippen LogP contribution < -0.4 is 10.4 Å². The lowest BCUT2D eigenvalue weighted by atomic mass is 9.93. The summed E-state index contributed by atoms with van der Waals surface area (Å²) in [7, 11) is 1.76. The van der Waals surface area contributed by atoms with E-state index in [4.69, 9.17) is 0 Å². The Hall–Kier alpha value is -4.07. The fourth-order valence-electron chi connectivity index (χ4n) is 4.62. The zero-order valence-electron chi connectivity index (χ0n) is 18.2. The van der Waals surface area contributed by atoms with Gasteiger partial charge in [0.15, 0.2) is 11.4 Å². The lowest BCUT2D eigenvalue weighted by Crippen LogP contribution is -2.55. The van der Waals surface area contributed by atoms with Gasteiger partial charge in [0.05, 0.1) is 6.04 Å². The highest BCUT2D eigenvalue weighted by molar-refractivity contribution is 5.96. The van der Waals surface area contributed by atoms with Crippen LogP contribution in [0.1, 0.15) is 39.6 Å². The summed E-state index contributed by atoms with van der Waals surface area (Å²) >= 11 is 0. The molecule has 8 heteroatoms. The van der Waals surface area contributed by atoms with Crippen LogP contribution in [0.25, 0.3) is 0 Å². The largest absolute Gasteiger partial charge is 0.502 e. The molecule has 3 heterocycles. The third-order valence-electron chi connectivity index (χ3n) is 6.33. The minimum atomic E-state index is -0.617. The van der Waals surface area contributed by atoms with Gasteiger partial charge in [0, 0.05) is 38.8 Å². The normalized spacial score (nSPS) is 18.5. The van der Waals surface area contributed by atoms with E-state index in [-0.39, 0.29) is 37.3 Å². The average molecular weight is 444 g/mol. The first-order chi connectivity index (χ1) is 16.0. The average Bonchev–Trinajstić information content (AvgIpc) is 2.84. The van der Waals surface area contributed by atoms with E-state index in [0.29, 0.717) is 6.54 Å². The van der Waals surface area contributed by atoms with Crippen LogP contribution in [-0.4, -0.2) is 51.7 Å². The van der Waals surface area contributed by atoms with Gasteiger partial charge in [-0.1, -0.05) is 54.6 Å². The number of nitrogens with zero attached hydrogens (tertiary/aromatic N) is 4. The molecule has 0 aliphatic carbocycles. The Bertz CT molecular complexity index is 1290. The van der Waals surface area contributed by atoms with Crippen LogP contribution in [0.15, 0.2) is 71.7 Å². The van der Waals surface area contributed by atoms with Gasteiger partial charge in [-0.15, -0.1) is 0 Å². The first-order valence-electron chi connectivity index (χ1n) is 10.8. The Balaban J connectivity index is 1.80. The molecule has 5 rings (SSSR count). The Morgan fingerprint density at radius 2 is 1.67 bits per heavy atom. The first-order valence-corrected chi connectivity index (χ1v) is 10.8. The Morgan fingerprint density at radius 3 is 2.45 bits per heavy atom. The highest BCUT2D eigenvalue weighted by Crippen LogP contribution is 2.34. The molecule has 2 bridgehead atoms. The fourth-order valence-corrected chi connectivity index (χ4v) is 4.62. The van der Waals surface area contributed by atoms with E-state index < -0.39 is 17.1 Å². The van der Waals surface area contributed by atoms with Crippen molar-refractivity contribution < 1.29 is 14.7 Å². The van der Waals surface area contributed by atoms with Gasteiger partial charge in [-0.25, -0.2) is 0 Å². The summed E-state index contributed by atoms with van der Waals surface area (Å²) in [6.45, 7) is 0.806. The van der Waals surface area contributed by atoms with Crippen molar-refractivity contribution in [2.45, 2.75) is 19.0 Å². The van der Waals surface area contributed by atoms with Crippen molar-refractivity contribution >= 4 is 11.8 Å². The SMILES string of the molecule is CN1Cc2ccccc2[C@@H](c2ccccc2)N2CN(CCC1=O)C(=O)c1c(O)c(=O)ccn12. The predicted molar refractivity (Wildman–Crippen MR) is 122 cm³/mol. The standard InChI is InChI=1S/C25H24N4O4/c1-26-15-18-9-5-6-10-19(18)22(17-7-3-2-4-8-17)29-16-27(13-12-21(26)31)25(33)23-24(32)20(30)11-14-28(23)29/h2-11,14,22,32H,12-13,15-16H2,1H3/t22-/m1/s1. The van der Waals surface area contributed by atoms with Crippen molar-refractivity contribution in [1.82, 2.24) is 14.5 Å².